The average molecular weight is 401 g/mol. The maximum absolute atomic E-state index is 12.6. The first-order valence-electron chi connectivity index (χ1n) is 8.97. The van der Waals surface area contributed by atoms with Crippen molar-refractivity contribution in [2.24, 2.45) is 0 Å². The molecule has 3 rings (SSSR count). The first-order valence-corrected chi connectivity index (χ1v) is 8.97. The van der Waals surface area contributed by atoms with E-state index in [0.29, 0.717) is 5.76 Å². The van der Waals surface area contributed by atoms with Crippen LogP contribution in [0.4, 0.5) is 14.5 Å². The second-order valence-corrected chi connectivity index (χ2v) is 6.66. The summed E-state index contributed by atoms with van der Waals surface area (Å²) in [5.41, 5.74) is 2.99. The lowest BCUT2D eigenvalue weighted by atomic mass is 10.1. The van der Waals surface area contributed by atoms with Crippen molar-refractivity contribution in [1.29, 1.82) is 0 Å². The Kier molecular flexibility index (Phi) is 6.16. The number of alkyl halides is 2. The van der Waals surface area contributed by atoms with Gasteiger partial charge in [0.15, 0.2) is 5.76 Å². The molecule has 3 aromatic rings. The summed E-state index contributed by atoms with van der Waals surface area (Å²) in [4.78, 5) is 12.5. The number of aryl methyl sites for hydroxylation is 3. The van der Waals surface area contributed by atoms with Crippen LogP contribution in [-0.2, 0) is 6.61 Å². The Hall–Kier alpha value is -3.35. The van der Waals surface area contributed by atoms with Gasteiger partial charge in [-0.3, -0.25) is 4.79 Å². The lowest BCUT2D eigenvalue weighted by molar-refractivity contribution is -0.0493. The fourth-order valence-electron chi connectivity index (χ4n) is 2.71. The van der Waals surface area contributed by atoms with E-state index in [1.54, 1.807) is 25.1 Å². The zero-order chi connectivity index (χ0) is 21.0. The molecule has 1 heterocycles. The number of benzene rings is 2. The highest BCUT2D eigenvalue weighted by Gasteiger charge is 2.16. The number of amides is 1. The van der Waals surface area contributed by atoms with Crippen molar-refractivity contribution in [1.82, 2.24) is 0 Å². The minimum absolute atomic E-state index is 0.0362. The number of ether oxygens (including phenoxy) is 2. The summed E-state index contributed by atoms with van der Waals surface area (Å²) in [6.07, 6.45) is 0. The first kappa shape index (κ1) is 20.4. The molecular formula is C22H21F2NO4. The molecule has 5 nitrogen and oxygen atoms in total. The SMILES string of the molecule is Cc1ccc(OC(F)F)c(NC(=O)c2ccc(COc3cc(C)ccc3C)o2)c1. The monoisotopic (exact) mass is 401 g/mol. The molecule has 0 unspecified atom stereocenters. The molecule has 1 amide bonds. The normalized spacial score (nSPS) is 10.8. The summed E-state index contributed by atoms with van der Waals surface area (Å²) in [6, 6.07) is 13.6. The van der Waals surface area contributed by atoms with Gasteiger partial charge in [0.05, 0.1) is 5.69 Å². The van der Waals surface area contributed by atoms with Crippen LogP contribution in [0, 0.1) is 20.8 Å². The Labute approximate surface area is 167 Å². The van der Waals surface area contributed by atoms with Crippen LogP contribution >= 0.6 is 0 Å². The Morgan fingerprint density at radius 2 is 1.72 bits per heavy atom. The fraction of sp³-hybridized carbons (Fsp3) is 0.227. The van der Waals surface area contributed by atoms with Crippen molar-refractivity contribution < 1.29 is 27.5 Å². The number of carbonyl (C=O) groups is 1. The molecule has 0 bridgehead atoms. The lowest BCUT2D eigenvalue weighted by Gasteiger charge is -2.12. The summed E-state index contributed by atoms with van der Waals surface area (Å²) < 4.78 is 40.9. The molecule has 0 radical (unpaired) electrons. The number of hydrogen-bond acceptors (Lipinski definition) is 4. The van der Waals surface area contributed by atoms with Crippen molar-refractivity contribution in [2.75, 3.05) is 5.32 Å². The van der Waals surface area contributed by atoms with E-state index in [1.807, 2.05) is 32.0 Å². The smallest absolute Gasteiger partial charge is 0.387 e. The van der Waals surface area contributed by atoms with Gasteiger partial charge >= 0.3 is 6.61 Å². The van der Waals surface area contributed by atoms with Crippen LogP contribution in [0.1, 0.15) is 33.0 Å². The van der Waals surface area contributed by atoms with Crippen molar-refractivity contribution >= 4 is 11.6 Å². The highest BCUT2D eigenvalue weighted by Crippen LogP contribution is 2.28. The second kappa shape index (κ2) is 8.77. The molecule has 0 saturated heterocycles. The van der Waals surface area contributed by atoms with Gasteiger partial charge in [0.1, 0.15) is 23.9 Å². The number of furan rings is 1. The highest BCUT2D eigenvalue weighted by atomic mass is 19.3. The predicted molar refractivity (Wildman–Crippen MR) is 105 cm³/mol. The molecule has 0 saturated carbocycles. The van der Waals surface area contributed by atoms with Gasteiger partial charge in [-0.05, 0) is 67.8 Å². The zero-order valence-corrected chi connectivity index (χ0v) is 16.3. The van der Waals surface area contributed by atoms with Crippen LogP contribution in [-0.4, -0.2) is 12.5 Å². The summed E-state index contributed by atoms with van der Waals surface area (Å²) in [6.45, 7) is 2.85. The molecule has 0 aliphatic rings. The number of hydrogen-bond donors (Lipinski definition) is 1. The predicted octanol–water partition coefficient (Wildman–Crippen LogP) is 5.64. The third-order valence-corrected chi connectivity index (χ3v) is 4.20. The van der Waals surface area contributed by atoms with E-state index in [2.05, 4.69) is 10.1 Å². The molecule has 1 aromatic heterocycles. The Morgan fingerprint density at radius 1 is 1.00 bits per heavy atom. The molecule has 0 fully saturated rings. The van der Waals surface area contributed by atoms with E-state index in [4.69, 9.17) is 9.15 Å². The number of rotatable bonds is 7. The minimum atomic E-state index is -2.99. The van der Waals surface area contributed by atoms with Crippen LogP contribution in [0.15, 0.2) is 52.9 Å². The van der Waals surface area contributed by atoms with Gasteiger partial charge < -0.3 is 19.2 Å². The van der Waals surface area contributed by atoms with Crippen LogP contribution < -0.4 is 14.8 Å². The van der Waals surface area contributed by atoms with Crippen LogP contribution in [0.2, 0.25) is 0 Å². The Morgan fingerprint density at radius 3 is 2.48 bits per heavy atom. The van der Waals surface area contributed by atoms with E-state index in [0.717, 1.165) is 22.4 Å². The maximum atomic E-state index is 12.6. The Balaban J connectivity index is 1.68. The molecule has 0 aliphatic heterocycles. The maximum Gasteiger partial charge on any atom is 0.387 e. The lowest BCUT2D eigenvalue weighted by Crippen LogP contribution is -2.13. The molecule has 0 atom stereocenters. The molecule has 0 aliphatic carbocycles. The fourth-order valence-corrected chi connectivity index (χ4v) is 2.71. The summed E-state index contributed by atoms with van der Waals surface area (Å²) >= 11 is 0. The van der Waals surface area contributed by atoms with Crippen molar-refractivity contribution in [2.45, 2.75) is 34.0 Å². The molecule has 2 aromatic carbocycles. The Bertz CT molecular complexity index is 1010. The number of nitrogens with one attached hydrogen (secondary N) is 1. The molecule has 1 N–H and O–H groups in total. The number of carbonyl (C=O) groups excluding carboxylic acids is 1. The van der Waals surface area contributed by atoms with Crippen molar-refractivity contribution in [3.8, 4) is 11.5 Å². The van der Waals surface area contributed by atoms with E-state index in [9.17, 15) is 13.6 Å². The van der Waals surface area contributed by atoms with Gasteiger partial charge in [0.25, 0.3) is 5.91 Å². The van der Waals surface area contributed by atoms with Gasteiger partial charge in [-0.15, -0.1) is 0 Å². The quantitative estimate of drug-likeness (QED) is 0.557. The van der Waals surface area contributed by atoms with Gasteiger partial charge in [0, 0.05) is 0 Å². The molecule has 29 heavy (non-hydrogen) atoms. The second-order valence-electron chi connectivity index (χ2n) is 6.66. The number of anilines is 1. The summed E-state index contributed by atoms with van der Waals surface area (Å²) in [5, 5.41) is 2.54. The van der Waals surface area contributed by atoms with E-state index in [-0.39, 0.29) is 23.8 Å². The van der Waals surface area contributed by atoms with E-state index < -0.39 is 12.5 Å². The minimum Gasteiger partial charge on any atom is -0.485 e. The standard InChI is InChI=1S/C22H21F2NO4/c1-13-5-8-18(29-22(23)24)17(10-13)25-21(26)19-9-7-16(28-19)12-27-20-11-14(2)4-6-15(20)3/h4-11,22H,12H2,1-3H3,(H,25,26). The average Bonchev–Trinajstić information content (AvgIpc) is 3.13. The summed E-state index contributed by atoms with van der Waals surface area (Å²) in [7, 11) is 0. The van der Waals surface area contributed by atoms with Gasteiger partial charge in [0.2, 0.25) is 0 Å². The van der Waals surface area contributed by atoms with Crippen LogP contribution in [0.25, 0.3) is 0 Å². The van der Waals surface area contributed by atoms with Gasteiger partial charge in [-0.1, -0.05) is 18.2 Å². The van der Waals surface area contributed by atoms with Crippen molar-refractivity contribution in [3.63, 3.8) is 0 Å². The van der Waals surface area contributed by atoms with Crippen molar-refractivity contribution in [3.05, 3.63) is 76.7 Å². The van der Waals surface area contributed by atoms with E-state index in [1.165, 1.54) is 12.1 Å². The molecule has 7 heteroatoms. The number of halogens is 2. The third kappa shape index (κ3) is 5.34. The highest BCUT2D eigenvalue weighted by molar-refractivity contribution is 6.03. The molecule has 152 valence electrons. The largest absolute Gasteiger partial charge is 0.485 e. The van der Waals surface area contributed by atoms with Gasteiger partial charge in [-0.2, -0.15) is 8.78 Å². The van der Waals surface area contributed by atoms with Gasteiger partial charge in [-0.25, -0.2) is 0 Å². The molecule has 0 spiro atoms. The zero-order valence-electron chi connectivity index (χ0n) is 16.3. The van der Waals surface area contributed by atoms with Crippen LogP contribution in [0.3, 0.4) is 0 Å². The summed E-state index contributed by atoms with van der Waals surface area (Å²) in [5.74, 6) is 0.538. The third-order valence-electron chi connectivity index (χ3n) is 4.20. The first-order chi connectivity index (χ1) is 13.8. The van der Waals surface area contributed by atoms with Crippen LogP contribution in [0.5, 0.6) is 11.5 Å². The van der Waals surface area contributed by atoms with E-state index >= 15 is 0 Å². The molecular weight excluding hydrogens is 380 g/mol. The topological polar surface area (TPSA) is 60.7 Å².